The second kappa shape index (κ2) is 6.76. The molecule has 8 atom stereocenters. The molecule has 4 aliphatic carbocycles. The molecule has 4 bridgehead atoms. The SMILES string of the molecule is C=C1C[C@]23C[C@@]1(OCOC)CC[C@H]2[C@@]12CC[C@H](OCOC)[C@@](C)(C(=O)O1)[C@H]2[C@@H]3C(=O)O. The van der Waals surface area contributed by atoms with Crippen molar-refractivity contribution in [2.75, 3.05) is 27.8 Å². The Morgan fingerprint density at radius 1 is 1.23 bits per heavy atom. The van der Waals surface area contributed by atoms with Crippen LogP contribution in [-0.2, 0) is 33.3 Å². The lowest BCUT2D eigenvalue weighted by atomic mass is 9.59. The zero-order chi connectivity index (χ0) is 22.2. The summed E-state index contributed by atoms with van der Waals surface area (Å²) in [6.45, 7) is 6.35. The molecule has 8 heteroatoms. The topological polar surface area (TPSA) is 101 Å². The summed E-state index contributed by atoms with van der Waals surface area (Å²) >= 11 is 0. The van der Waals surface area contributed by atoms with Gasteiger partial charge < -0.3 is 28.8 Å². The van der Waals surface area contributed by atoms with Crippen LogP contribution < -0.4 is 0 Å². The molecule has 5 rings (SSSR count). The van der Waals surface area contributed by atoms with E-state index in [9.17, 15) is 14.7 Å². The smallest absolute Gasteiger partial charge is 0.315 e. The number of methoxy groups -OCH3 is 2. The van der Waals surface area contributed by atoms with Crippen molar-refractivity contribution in [3.05, 3.63) is 12.2 Å². The van der Waals surface area contributed by atoms with Gasteiger partial charge in [0.2, 0.25) is 0 Å². The molecule has 0 amide bonds. The first kappa shape index (κ1) is 21.4. The van der Waals surface area contributed by atoms with E-state index in [2.05, 4.69) is 6.58 Å². The van der Waals surface area contributed by atoms with Crippen molar-refractivity contribution in [2.45, 2.75) is 62.8 Å². The van der Waals surface area contributed by atoms with E-state index in [1.165, 1.54) is 7.11 Å². The molecule has 31 heavy (non-hydrogen) atoms. The zero-order valence-electron chi connectivity index (χ0n) is 18.5. The maximum absolute atomic E-state index is 13.3. The van der Waals surface area contributed by atoms with Crippen LogP contribution in [0.2, 0.25) is 0 Å². The van der Waals surface area contributed by atoms with Gasteiger partial charge in [0.1, 0.15) is 19.2 Å². The Bertz CT molecular complexity index is 826. The molecule has 0 radical (unpaired) electrons. The van der Waals surface area contributed by atoms with E-state index in [1.54, 1.807) is 7.11 Å². The van der Waals surface area contributed by atoms with E-state index in [1.807, 2.05) is 6.92 Å². The number of rotatable bonds is 7. The fraction of sp³-hybridized carbons (Fsp3) is 0.826. The van der Waals surface area contributed by atoms with Crippen molar-refractivity contribution in [3.63, 3.8) is 0 Å². The third kappa shape index (κ3) is 2.39. The van der Waals surface area contributed by atoms with Gasteiger partial charge in [-0.2, -0.15) is 0 Å². The predicted octanol–water partition coefficient (Wildman–Crippen LogP) is 2.51. The van der Waals surface area contributed by atoms with Gasteiger partial charge in [-0.05, 0) is 56.4 Å². The first-order chi connectivity index (χ1) is 14.7. The molecule has 5 aliphatic rings. The van der Waals surface area contributed by atoms with Crippen LogP contribution in [0.4, 0.5) is 0 Å². The Labute approximate surface area is 182 Å². The Morgan fingerprint density at radius 3 is 2.65 bits per heavy atom. The number of carbonyl (C=O) groups is 2. The van der Waals surface area contributed by atoms with Crippen molar-refractivity contribution in [3.8, 4) is 0 Å². The van der Waals surface area contributed by atoms with E-state index >= 15 is 0 Å². The van der Waals surface area contributed by atoms with Crippen molar-refractivity contribution in [2.24, 2.45) is 28.6 Å². The minimum absolute atomic E-state index is 0.0289. The minimum atomic E-state index is -1.02. The maximum atomic E-state index is 13.3. The number of fused-ring (bicyclic) bond motifs is 1. The molecular formula is C23H32O8. The number of aliphatic carboxylic acids is 1. The van der Waals surface area contributed by atoms with Gasteiger partial charge in [-0.1, -0.05) is 6.58 Å². The molecule has 0 aromatic rings. The van der Waals surface area contributed by atoms with Crippen molar-refractivity contribution in [1.82, 2.24) is 0 Å². The van der Waals surface area contributed by atoms with E-state index in [-0.39, 0.29) is 25.5 Å². The highest BCUT2D eigenvalue weighted by molar-refractivity contribution is 5.85. The normalized spacial score (nSPS) is 49.6. The second-order valence-corrected chi connectivity index (χ2v) is 10.3. The Morgan fingerprint density at radius 2 is 1.97 bits per heavy atom. The fourth-order valence-electron chi connectivity index (χ4n) is 8.41. The average molecular weight is 437 g/mol. The van der Waals surface area contributed by atoms with E-state index in [0.717, 1.165) is 18.4 Å². The monoisotopic (exact) mass is 436 g/mol. The number of carbonyl (C=O) groups excluding carboxylic acids is 1. The van der Waals surface area contributed by atoms with Crippen LogP contribution in [0.5, 0.6) is 0 Å². The van der Waals surface area contributed by atoms with Crippen LogP contribution in [0.1, 0.15) is 45.4 Å². The van der Waals surface area contributed by atoms with Gasteiger partial charge in [0.15, 0.2) is 0 Å². The standard InChI is InChI=1S/C23H32O8/c1-13-9-21-10-22(13,30-12-28-4)7-5-14(21)23-8-6-15(29-11-27-3)20(2,19(26)31-23)17(23)16(21)18(24)25/h14-17H,1,5-12H2,2-4H3,(H,24,25)/t14-,15+,16-,17-,20-,21+,22+,23-/m1/s1. The molecule has 1 spiro atoms. The summed E-state index contributed by atoms with van der Waals surface area (Å²) in [5.41, 5.74) is -1.96. The van der Waals surface area contributed by atoms with Gasteiger partial charge in [-0.25, -0.2) is 0 Å². The highest BCUT2D eigenvalue weighted by Crippen LogP contribution is 2.79. The first-order valence-corrected chi connectivity index (χ1v) is 11.1. The number of carboxylic acid groups (broad SMARTS) is 1. The lowest BCUT2D eigenvalue weighted by Gasteiger charge is -2.47. The molecule has 5 fully saturated rings. The van der Waals surface area contributed by atoms with E-state index in [4.69, 9.17) is 23.7 Å². The molecular weight excluding hydrogens is 404 g/mol. The summed E-state index contributed by atoms with van der Waals surface area (Å²) in [6, 6.07) is 0. The molecule has 0 aromatic carbocycles. The molecule has 1 heterocycles. The Kier molecular flexibility index (Phi) is 4.66. The van der Waals surface area contributed by atoms with Crippen molar-refractivity contribution >= 4 is 11.9 Å². The van der Waals surface area contributed by atoms with Gasteiger partial charge in [-0.15, -0.1) is 0 Å². The van der Waals surface area contributed by atoms with Gasteiger partial charge in [0.25, 0.3) is 0 Å². The van der Waals surface area contributed by atoms with Gasteiger partial charge >= 0.3 is 11.9 Å². The van der Waals surface area contributed by atoms with Crippen LogP contribution in [0.3, 0.4) is 0 Å². The fourth-order valence-corrected chi connectivity index (χ4v) is 8.41. The third-order valence-electron chi connectivity index (χ3n) is 9.34. The predicted molar refractivity (Wildman–Crippen MR) is 107 cm³/mol. The minimum Gasteiger partial charge on any atom is -0.481 e. The maximum Gasteiger partial charge on any atom is 0.315 e. The second-order valence-electron chi connectivity index (χ2n) is 10.3. The molecule has 172 valence electrons. The van der Waals surface area contributed by atoms with Gasteiger partial charge in [0, 0.05) is 26.1 Å². The molecule has 1 saturated heterocycles. The summed E-state index contributed by atoms with van der Waals surface area (Å²) < 4.78 is 28.6. The van der Waals surface area contributed by atoms with E-state index < -0.39 is 45.9 Å². The lowest BCUT2D eigenvalue weighted by molar-refractivity contribution is -0.174. The van der Waals surface area contributed by atoms with Crippen LogP contribution in [0.15, 0.2) is 12.2 Å². The number of hydrogen-bond acceptors (Lipinski definition) is 7. The first-order valence-electron chi connectivity index (χ1n) is 11.1. The average Bonchev–Trinajstić information content (AvgIpc) is 3.16. The molecule has 1 aliphatic heterocycles. The summed E-state index contributed by atoms with van der Waals surface area (Å²) in [5, 5.41) is 10.5. The molecule has 0 unspecified atom stereocenters. The summed E-state index contributed by atoms with van der Waals surface area (Å²) in [5.74, 6) is -2.41. The Hall–Kier alpha value is -1.48. The largest absolute Gasteiger partial charge is 0.481 e. The number of ether oxygens (including phenoxy) is 5. The van der Waals surface area contributed by atoms with Crippen molar-refractivity contribution in [1.29, 1.82) is 0 Å². The van der Waals surface area contributed by atoms with Gasteiger partial charge in [-0.3, -0.25) is 9.59 Å². The Balaban J connectivity index is 1.61. The molecule has 0 aromatic heterocycles. The molecule has 1 N–H and O–H groups in total. The summed E-state index contributed by atoms with van der Waals surface area (Å²) in [6.07, 6.45) is 3.47. The molecule has 8 nitrogen and oxygen atoms in total. The quantitative estimate of drug-likeness (QED) is 0.369. The number of hydrogen-bond donors (Lipinski definition) is 1. The van der Waals surface area contributed by atoms with Crippen LogP contribution in [-0.4, -0.2) is 62.2 Å². The summed E-state index contributed by atoms with van der Waals surface area (Å²) in [4.78, 5) is 26.2. The van der Waals surface area contributed by atoms with E-state index in [0.29, 0.717) is 25.7 Å². The summed E-state index contributed by atoms with van der Waals surface area (Å²) in [7, 11) is 3.12. The lowest BCUT2D eigenvalue weighted by Crippen LogP contribution is -2.54. The highest BCUT2D eigenvalue weighted by atomic mass is 16.7. The molecule has 4 saturated carbocycles. The van der Waals surface area contributed by atoms with Crippen LogP contribution in [0, 0.1) is 28.6 Å². The highest BCUT2D eigenvalue weighted by Gasteiger charge is 2.84. The van der Waals surface area contributed by atoms with Gasteiger partial charge in [0.05, 0.1) is 23.0 Å². The number of carboxylic acids is 1. The van der Waals surface area contributed by atoms with Crippen molar-refractivity contribution < 1.29 is 38.4 Å². The van der Waals surface area contributed by atoms with Crippen LogP contribution >= 0.6 is 0 Å². The third-order valence-corrected chi connectivity index (χ3v) is 9.34. The number of esters is 1. The zero-order valence-corrected chi connectivity index (χ0v) is 18.5. The van der Waals surface area contributed by atoms with Crippen LogP contribution in [0.25, 0.3) is 0 Å².